The van der Waals surface area contributed by atoms with Gasteiger partial charge in [0.1, 0.15) is 0 Å². The van der Waals surface area contributed by atoms with E-state index in [0.717, 1.165) is 17.9 Å². The molecular weight excluding hydrogens is 110 g/mol. The van der Waals surface area contributed by atoms with Crippen molar-refractivity contribution < 1.29 is 0 Å². The summed E-state index contributed by atoms with van der Waals surface area (Å²) in [6.07, 6.45) is 4.46. The van der Waals surface area contributed by atoms with E-state index in [1.807, 2.05) is 0 Å². The standard InChI is InChI=1S/C8H15N/c1-6-4-8(5-9-6)7-2-3-7/h6-9H,2-5H2,1H3/t6-,8+/m0/s1. The molecule has 2 aliphatic rings. The Balaban J connectivity index is 1.86. The molecule has 1 N–H and O–H groups in total. The molecule has 1 saturated heterocycles. The summed E-state index contributed by atoms with van der Waals surface area (Å²) in [5, 5.41) is 3.49. The van der Waals surface area contributed by atoms with Crippen LogP contribution >= 0.6 is 0 Å². The van der Waals surface area contributed by atoms with Crippen LogP contribution < -0.4 is 5.32 Å². The van der Waals surface area contributed by atoms with Gasteiger partial charge in [0.2, 0.25) is 0 Å². The maximum atomic E-state index is 3.49. The number of hydrogen-bond acceptors (Lipinski definition) is 1. The summed E-state index contributed by atoms with van der Waals surface area (Å²) in [4.78, 5) is 0. The average molecular weight is 125 g/mol. The van der Waals surface area contributed by atoms with Gasteiger partial charge in [-0.2, -0.15) is 0 Å². The first-order chi connectivity index (χ1) is 4.36. The Labute approximate surface area is 56.8 Å². The second-order valence-corrected chi connectivity index (χ2v) is 3.64. The monoisotopic (exact) mass is 125 g/mol. The highest BCUT2D eigenvalue weighted by molar-refractivity contribution is 4.89. The van der Waals surface area contributed by atoms with Gasteiger partial charge < -0.3 is 5.32 Å². The third-order valence-electron chi connectivity index (χ3n) is 2.67. The maximum absolute atomic E-state index is 3.49. The highest BCUT2D eigenvalue weighted by atomic mass is 14.9. The molecule has 2 fully saturated rings. The van der Waals surface area contributed by atoms with Gasteiger partial charge in [-0.25, -0.2) is 0 Å². The summed E-state index contributed by atoms with van der Waals surface area (Å²) in [6, 6.07) is 0.801. The van der Waals surface area contributed by atoms with E-state index in [9.17, 15) is 0 Å². The zero-order valence-electron chi connectivity index (χ0n) is 6.06. The second kappa shape index (κ2) is 1.98. The average Bonchev–Trinajstić information content (AvgIpc) is 2.58. The van der Waals surface area contributed by atoms with E-state index in [4.69, 9.17) is 0 Å². The third-order valence-corrected chi connectivity index (χ3v) is 2.67. The predicted octanol–water partition coefficient (Wildman–Crippen LogP) is 1.39. The van der Waals surface area contributed by atoms with Crippen LogP contribution in [0.3, 0.4) is 0 Å². The molecule has 2 atom stereocenters. The van der Waals surface area contributed by atoms with Crippen molar-refractivity contribution in [2.45, 2.75) is 32.2 Å². The van der Waals surface area contributed by atoms with Crippen LogP contribution in [-0.2, 0) is 0 Å². The van der Waals surface area contributed by atoms with E-state index >= 15 is 0 Å². The summed E-state index contributed by atoms with van der Waals surface area (Å²) in [5.41, 5.74) is 0. The Kier molecular flexibility index (Phi) is 1.26. The molecule has 9 heavy (non-hydrogen) atoms. The highest BCUT2D eigenvalue weighted by Gasteiger charge is 2.34. The molecule has 1 aliphatic heterocycles. The summed E-state index contributed by atoms with van der Waals surface area (Å²) >= 11 is 0. The maximum Gasteiger partial charge on any atom is 0.00420 e. The minimum Gasteiger partial charge on any atom is -0.314 e. The molecule has 2 rings (SSSR count). The molecule has 0 aromatic heterocycles. The fraction of sp³-hybridized carbons (Fsp3) is 1.00. The molecule has 0 aromatic rings. The van der Waals surface area contributed by atoms with E-state index in [1.54, 1.807) is 0 Å². The van der Waals surface area contributed by atoms with Gasteiger partial charge in [0, 0.05) is 6.04 Å². The van der Waals surface area contributed by atoms with Crippen molar-refractivity contribution in [1.29, 1.82) is 0 Å². The molecule has 0 amide bonds. The fourth-order valence-corrected chi connectivity index (χ4v) is 1.90. The van der Waals surface area contributed by atoms with Gasteiger partial charge in [-0.3, -0.25) is 0 Å². The minimum absolute atomic E-state index is 0.801. The Morgan fingerprint density at radius 1 is 1.22 bits per heavy atom. The van der Waals surface area contributed by atoms with Crippen molar-refractivity contribution in [2.75, 3.05) is 6.54 Å². The van der Waals surface area contributed by atoms with Gasteiger partial charge in [-0.1, -0.05) is 0 Å². The van der Waals surface area contributed by atoms with Crippen LogP contribution in [0.25, 0.3) is 0 Å². The van der Waals surface area contributed by atoms with E-state index in [-0.39, 0.29) is 0 Å². The van der Waals surface area contributed by atoms with Crippen LogP contribution in [0.5, 0.6) is 0 Å². The lowest BCUT2D eigenvalue weighted by Crippen LogP contribution is -2.16. The topological polar surface area (TPSA) is 12.0 Å². The van der Waals surface area contributed by atoms with E-state index in [1.165, 1.54) is 25.8 Å². The first-order valence-corrected chi connectivity index (χ1v) is 4.09. The molecule has 1 nitrogen and oxygen atoms in total. The zero-order chi connectivity index (χ0) is 6.27. The van der Waals surface area contributed by atoms with Crippen molar-refractivity contribution in [3.8, 4) is 0 Å². The van der Waals surface area contributed by atoms with Crippen molar-refractivity contribution in [1.82, 2.24) is 5.32 Å². The zero-order valence-corrected chi connectivity index (χ0v) is 6.06. The van der Waals surface area contributed by atoms with Gasteiger partial charge in [-0.05, 0) is 44.6 Å². The van der Waals surface area contributed by atoms with Gasteiger partial charge in [-0.15, -0.1) is 0 Å². The smallest absolute Gasteiger partial charge is 0.00420 e. The van der Waals surface area contributed by atoms with Crippen LogP contribution in [0.4, 0.5) is 0 Å². The van der Waals surface area contributed by atoms with Gasteiger partial charge in [0.05, 0.1) is 0 Å². The van der Waals surface area contributed by atoms with Crippen LogP contribution in [0.2, 0.25) is 0 Å². The molecule has 1 aliphatic carbocycles. The third kappa shape index (κ3) is 1.11. The number of rotatable bonds is 1. The Morgan fingerprint density at radius 3 is 2.44 bits per heavy atom. The lowest BCUT2D eigenvalue weighted by Gasteiger charge is -2.03. The fourth-order valence-electron chi connectivity index (χ4n) is 1.90. The molecule has 1 saturated carbocycles. The Hall–Kier alpha value is -0.0400. The molecule has 0 radical (unpaired) electrons. The molecule has 0 unspecified atom stereocenters. The van der Waals surface area contributed by atoms with Gasteiger partial charge >= 0.3 is 0 Å². The molecule has 1 heterocycles. The Morgan fingerprint density at radius 2 is 2.00 bits per heavy atom. The summed E-state index contributed by atoms with van der Waals surface area (Å²) < 4.78 is 0. The number of hydrogen-bond donors (Lipinski definition) is 1. The summed E-state index contributed by atoms with van der Waals surface area (Å²) in [7, 11) is 0. The Bertz CT molecular complexity index is 107. The molecule has 0 aromatic carbocycles. The summed E-state index contributed by atoms with van der Waals surface area (Å²) in [6.45, 7) is 3.59. The quantitative estimate of drug-likeness (QED) is 0.558. The largest absolute Gasteiger partial charge is 0.314 e. The van der Waals surface area contributed by atoms with Crippen molar-refractivity contribution in [2.24, 2.45) is 11.8 Å². The molecule has 0 bridgehead atoms. The molecule has 52 valence electrons. The number of nitrogens with one attached hydrogen (secondary N) is 1. The minimum atomic E-state index is 0.801. The first-order valence-electron chi connectivity index (χ1n) is 4.09. The molecular formula is C8H15N. The summed E-state index contributed by atoms with van der Waals surface area (Å²) in [5.74, 6) is 2.16. The van der Waals surface area contributed by atoms with Crippen molar-refractivity contribution >= 4 is 0 Å². The van der Waals surface area contributed by atoms with Crippen LogP contribution in [0, 0.1) is 11.8 Å². The van der Waals surface area contributed by atoms with Crippen LogP contribution in [-0.4, -0.2) is 12.6 Å². The van der Waals surface area contributed by atoms with Crippen molar-refractivity contribution in [3.63, 3.8) is 0 Å². The van der Waals surface area contributed by atoms with E-state index < -0.39 is 0 Å². The van der Waals surface area contributed by atoms with Crippen molar-refractivity contribution in [3.05, 3.63) is 0 Å². The highest BCUT2D eigenvalue weighted by Crippen LogP contribution is 2.40. The van der Waals surface area contributed by atoms with E-state index in [0.29, 0.717) is 0 Å². The SMILES string of the molecule is C[C@H]1C[C@@H](C2CC2)CN1. The predicted molar refractivity (Wildman–Crippen MR) is 38.3 cm³/mol. The van der Waals surface area contributed by atoms with Crippen LogP contribution in [0.1, 0.15) is 26.2 Å². The van der Waals surface area contributed by atoms with Crippen LogP contribution in [0.15, 0.2) is 0 Å². The lowest BCUT2D eigenvalue weighted by molar-refractivity contribution is 0.499. The van der Waals surface area contributed by atoms with E-state index in [2.05, 4.69) is 12.2 Å². The van der Waals surface area contributed by atoms with Gasteiger partial charge in [0.25, 0.3) is 0 Å². The first kappa shape index (κ1) is 5.72. The molecule has 1 heteroatoms. The molecule has 0 spiro atoms. The van der Waals surface area contributed by atoms with Gasteiger partial charge in [0.15, 0.2) is 0 Å². The lowest BCUT2D eigenvalue weighted by atomic mass is 10.0. The second-order valence-electron chi connectivity index (χ2n) is 3.64. The normalized spacial score (nSPS) is 43.7.